The molecule has 22 heavy (non-hydrogen) atoms. The minimum atomic E-state index is -0.763. The Kier molecular flexibility index (Phi) is 4.23. The molecular weight excluding hydrogens is 282 g/mol. The first-order chi connectivity index (χ1) is 10.5. The number of methoxy groups -OCH3 is 1. The van der Waals surface area contributed by atoms with Crippen molar-refractivity contribution in [3.63, 3.8) is 0 Å². The Morgan fingerprint density at radius 1 is 1.55 bits per heavy atom. The molecule has 3 rings (SSSR count). The van der Waals surface area contributed by atoms with E-state index in [0.717, 1.165) is 37.7 Å². The molecule has 1 amide bonds. The van der Waals surface area contributed by atoms with E-state index in [9.17, 15) is 9.90 Å². The molecular formula is C16H25N3O3. The number of rotatable bonds is 5. The minimum Gasteiger partial charge on any atom is -0.389 e. The number of aromatic nitrogens is 2. The molecule has 0 spiro atoms. The molecule has 122 valence electrons. The highest BCUT2D eigenvalue weighted by Gasteiger charge is 2.42. The molecule has 1 aliphatic carbocycles. The van der Waals surface area contributed by atoms with Gasteiger partial charge >= 0.3 is 0 Å². The van der Waals surface area contributed by atoms with E-state index in [1.165, 1.54) is 0 Å². The van der Waals surface area contributed by atoms with Gasteiger partial charge in [-0.25, -0.2) is 0 Å². The monoisotopic (exact) mass is 307 g/mol. The second-order valence-electron chi connectivity index (χ2n) is 6.70. The summed E-state index contributed by atoms with van der Waals surface area (Å²) in [6.07, 6.45) is 8.22. The number of carbonyl (C=O) groups excluding carboxylic acids is 1. The molecule has 6 nitrogen and oxygen atoms in total. The third kappa shape index (κ3) is 3.03. The maximum absolute atomic E-state index is 12.6. The quantitative estimate of drug-likeness (QED) is 0.877. The third-order valence-electron chi connectivity index (χ3n) is 5.07. The van der Waals surface area contributed by atoms with Crippen molar-refractivity contribution < 1.29 is 14.6 Å². The number of hydrogen-bond donors (Lipinski definition) is 1. The van der Waals surface area contributed by atoms with Crippen LogP contribution in [0.4, 0.5) is 0 Å². The molecule has 1 saturated heterocycles. The van der Waals surface area contributed by atoms with Gasteiger partial charge in [-0.1, -0.05) is 0 Å². The molecule has 2 fully saturated rings. The van der Waals surface area contributed by atoms with Crippen LogP contribution in [-0.2, 0) is 23.0 Å². The van der Waals surface area contributed by atoms with Gasteiger partial charge in [0.1, 0.15) is 0 Å². The molecule has 1 N–H and O–H groups in total. The number of hydrogen-bond acceptors (Lipinski definition) is 4. The first kappa shape index (κ1) is 15.5. The number of amides is 1. The fraction of sp³-hybridized carbons (Fsp3) is 0.750. The summed E-state index contributed by atoms with van der Waals surface area (Å²) in [5, 5.41) is 14.4. The van der Waals surface area contributed by atoms with Gasteiger partial charge in [0, 0.05) is 26.9 Å². The van der Waals surface area contributed by atoms with Gasteiger partial charge in [0.2, 0.25) is 5.91 Å². The molecule has 0 unspecified atom stereocenters. The Hall–Kier alpha value is -1.40. The fourth-order valence-corrected chi connectivity index (χ4v) is 3.61. The van der Waals surface area contributed by atoms with Crippen LogP contribution in [0.2, 0.25) is 0 Å². The maximum Gasteiger partial charge on any atom is 0.225 e. The van der Waals surface area contributed by atoms with Crippen molar-refractivity contribution in [1.29, 1.82) is 0 Å². The average molecular weight is 307 g/mol. The Morgan fingerprint density at radius 3 is 2.86 bits per heavy atom. The summed E-state index contributed by atoms with van der Waals surface area (Å²) >= 11 is 0. The Balaban J connectivity index is 1.69. The summed E-state index contributed by atoms with van der Waals surface area (Å²) in [4.78, 5) is 14.5. The summed E-state index contributed by atoms with van der Waals surface area (Å²) < 4.78 is 7.34. The highest BCUT2D eigenvalue weighted by atomic mass is 16.5. The van der Waals surface area contributed by atoms with Crippen molar-refractivity contribution >= 4 is 5.91 Å². The van der Waals surface area contributed by atoms with E-state index in [4.69, 9.17) is 4.74 Å². The van der Waals surface area contributed by atoms with E-state index in [1.807, 2.05) is 24.3 Å². The summed E-state index contributed by atoms with van der Waals surface area (Å²) in [7, 11) is 3.59. The molecule has 6 heteroatoms. The molecule has 2 aliphatic rings. The predicted octanol–water partition coefficient (Wildman–Crippen LogP) is 0.884. The second-order valence-corrected chi connectivity index (χ2v) is 6.70. The molecule has 2 heterocycles. The molecule has 1 saturated carbocycles. The van der Waals surface area contributed by atoms with Gasteiger partial charge in [0.05, 0.1) is 30.4 Å². The second kappa shape index (κ2) is 6.01. The van der Waals surface area contributed by atoms with Gasteiger partial charge in [-0.2, -0.15) is 5.10 Å². The molecule has 1 aromatic heterocycles. The highest BCUT2D eigenvalue weighted by Crippen LogP contribution is 2.36. The lowest BCUT2D eigenvalue weighted by Crippen LogP contribution is -2.47. The van der Waals surface area contributed by atoms with Crippen molar-refractivity contribution in [2.24, 2.45) is 7.05 Å². The van der Waals surface area contributed by atoms with Gasteiger partial charge in [-0.15, -0.1) is 0 Å². The van der Waals surface area contributed by atoms with Crippen molar-refractivity contribution in [3.8, 4) is 0 Å². The SMILES string of the molecule is CO[C@H]1CCN(C(=O)CC2(O)CCC2)[C@H]1Cc1cnn(C)c1. The highest BCUT2D eigenvalue weighted by molar-refractivity contribution is 5.78. The van der Waals surface area contributed by atoms with Crippen molar-refractivity contribution in [2.45, 2.75) is 56.3 Å². The van der Waals surface area contributed by atoms with E-state index in [-0.39, 0.29) is 24.5 Å². The number of carbonyl (C=O) groups is 1. The van der Waals surface area contributed by atoms with E-state index >= 15 is 0 Å². The summed E-state index contributed by atoms with van der Waals surface area (Å²) in [6, 6.07) is 0.0328. The third-order valence-corrected chi connectivity index (χ3v) is 5.07. The van der Waals surface area contributed by atoms with Crippen molar-refractivity contribution in [1.82, 2.24) is 14.7 Å². The largest absolute Gasteiger partial charge is 0.389 e. The topological polar surface area (TPSA) is 67.6 Å². The first-order valence-electron chi connectivity index (χ1n) is 8.03. The van der Waals surface area contributed by atoms with Crippen LogP contribution in [-0.4, -0.2) is 57.1 Å². The van der Waals surface area contributed by atoms with Crippen LogP contribution in [0.5, 0.6) is 0 Å². The van der Waals surface area contributed by atoms with Crippen LogP contribution >= 0.6 is 0 Å². The molecule has 1 aliphatic heterocycles. The van der Waals surface area contributed by atoms with Gasteiger partial charge in [-0.3, -0.25) is 9.48 Å². The average Bonchev–Trinajstić information content (AvgIpc) is 3.03. The van der Waals surface area contributed by atoms with E-state index in [1.54, 1.807) is 11.8 Å². The van der Waals surface area contributed by atoms with Crippen LogP contribution in [0.3, 0.4) is 0 Å². The predicted molar refractivity (Wildman–Crippen MR) is 81.2 cm³/mol. The number of likely N-dealkylation sites (tertiary alicyclic amines) is 1. The summed E-state index contributed by atoms with van der Waals surface area (Å²) in [6.45, 7) is 0.707. The fourth-order valence-electron chi connectivity index (χ4n) is 3.61. The zero-order valence-electron chi connectivity index (χ0n) is 13.4. The lowest BCUT2D eigenvalue weighted by molar-refractivity contribution is -0.142. The molecule has 2 atom stereocenters. The first-order valence-corrected chi connectivity index (χ1v) is 8.03. The maximum atomic E-state index is 12.6. The Morgan fingerprint density at radius 2 is 2.32 bits per heavy atom. The number of ether oxygens (including phenoxy) is 1. The number of aryl methyl sites for hydroxylation is 1. The van der Waals surface area contributed by atoms with Crippen molar-refractivity contribution in [2.75, 3.05) is 13.7 Å². The molecule has 1 aromatic rings. The van der Waals surface area contributed by atoms with Crippen LogP contribution < -0.4 is 0 Å². The van der Waals surface area contributed by atoms with E-state index < -0.39 is 5.60 Å². The Bertz CT molecular complexity index is 538. The van der Waals surface area contributed by atoms with E-state index in [0.29, 0.717) is 6.54 Å². The summed E-state index contributed by atoms with van der Waals surface area (Å²) in [5.74, 6) is 0.0515. The summed E-state index contributed by atoms with van der Waals surface area (Å²) in [5.41, 5.74) is 0.345. The molecule has 0 radical (unpaired) electrons. The van der Waals surface area contributed by atoms with Crippen LogP contribution in [0.1, 0.15) is 37.7 Å². The van der Waals surface area contributed by atoms with Crippen LogP contribution in [0.25, 0.3) is 0 Å². The Labute approximate surface area is 131 Å². The normalized spacial score (nSPS) is 27.0. The van der Waals surface area contributed by atoms with Gasteiger partial charge in [0.25, 0.3) is 0 Å². The molecule has 0 aromatic carbocycles. The molecule has 0 bridgehead atoms. The van der Waals surface area contributed by atoms with Crippen LogP contribution in [0.15, 0.2) is 12.4 Å². The van der Waals surface area contributed by atoms with Gasteiger partial charge < -0.3 is 14.7 Å². The van der Waals surface area contributed by atoms with E-state index in [2.05, 4.69) is 5.10 Å². The number of aliphatic hydroxyl groups is 1. The zero-order chi connectivity index (χ0) is 15.7. The van der Waals surface area contributed by atoms with Gasteiger partial charge in [0.15, 0.2) is 0 Å². The standard InChI is InChI=1S/C16H25N3O3/c1-18-11-12(10-17-18)8-13-14(22-2)4-7-19(13)15(20)9-16(21)5-3-6-16/h10-11,13-14,21H,3-9H2,1-2H3/t13-,14-/m0/s1. The zero-order valence-corrected chi connectivity index (χ0v) is 13.4. The van der Waals surface area contributed by atoms with Gasteiger partial charge in [-0.05, 0) is 37.7 Å². The lowest BCUT2D eigenvalue weighted by atomic mass is 9.77. The smallest absolute Gasteiger partial charge is 0.225 e. The van der Waals surface area contributed by atoms with Crippen LogP contribution in [0, 0.1) is 0 Å². The number of nitrogens with zero attached hydrogens (tertiary/aromatic N) is 3. The van der Waals surface area contributed by atoms with Crippen molar-refractivity contribution in [3.05, 3.63) is 18.0 Å². The lowest BCUT2D eigenvalue weighted by Gasteiger charge is -2.38. The minimum absolute atomic E-state index is 0.0328.